The number of carbonyl (C=O) groups excluding carboxylic acids is 24. The van der Waals surface area contributed by atoms with Crippen LogP contribution in [0, 0.1) is 0 Å². The molecule has 0 atom stereocenters. The van der Waals surface area contributed by atoms with Crippen molar-refractivity contribution in [1.82, 2.24) is 39.2 Å². The van der Waals surface area contributed by atoms with Gasteiger partial charge in [-0.1, -0.05) is 0 Å². The van der Waals surface area contributed by atoms with E-state index in [-0.39, 0.29) is 250 Å². The van der Waals surface area contributed by atoms with E-state index in [1.807, 2.05) is 0 Å². The summed E-state index contributed by atoms with van der Waals surface area (Å²) in [5, 5.41) is 240. The van der Waals surface area contributed by atoms with E-state index in [2.05, 4.69) is 45.9 Å². The van der Waals surface area contributed by atoms with Crippen molar-refractivity contribution < 1.29 is 534 Å². The Morgan fingerprint density at radius 2 is 0.141 bits per heavy atom. The Labute approximate surface area is 918 Å². The zero-order valence-electron chi connectivity index (χ0n) is 73.7. The first-order valence-corrected chi connectivity index (χ1v) is 31.9. The topological polar surface area (TPSA) is 1630 Å². The molecule has 0 rings (SSSR count). The molecule has 36 N–H and O–H groups in total. The Morgan fingerprint density at radius 3 is 0.155 bits per heavy atom. The zero-order chi connectivity index (χ0) is 97.1. The second-order valence-electron chi connectivity index (χ2n) is 20.9. The molecule has 86 heteroatoms. The van der Waals surface area contributed by atoms with Crippen LogP contribution in [0.15, 0.2) is 0 Å². The van der Waals surface area contributed by atoms with Crippen LogP contribution in [0.1, 0.15) is 0 Å². The Hall–Kier alpha value is -8.21. The molecule has 142 heavy (non-hydrogen) atoms. The molecule has 0 saturated carbocycles. The summed E-state index contributed by atoms with van der Waals surface area (Å²) in [6.45, 7) is -11.3. The molecule has 0 spiro atoms. The largest absolute Gasteiger partial charge is 4.00 e. The van der Waals surface area contributed by atoms with Crippen LogP contribution in [-0.4, -0.2) is 425 Å². The van der Waals surface area contributed by atoms with Crippen molar-refractivity contribution in [2.24, 2.45) is 0 Å². The first-order chi connectivity index (χ1) is 55.0. The molecule has 0 aliphatic carbocycles. The predicted molar refractivity (Wildman–Crippen MR) is 341 cm³/mol. The van der Waals surface area contributed by atoms with Gasteiger partial charge in [-0.05, 0) is 0 Å². The average molecular weight is 2370 g/mol. The smallest absolute Gasteiger partial charge is 2.00 e. The SMILES string of the molecule is O.O.O.O.O.O.O=C([O-])CN(CC(=O)[O-])CC(=O)[O-].O=C([O-])CN(CC(=O)[O-])CC(=O)[O-].O=C([O-])CN(CC(=O)[O-])CC(=O)[O-].O=C([O-])CN(CC(=O)[O-])CC(=O)[O-].O=C([O-])CN(CC(=O)[O-])CC(=O)[O-].O=C([O-])CN(CC(=O)[O-])CC(=O)[O-].O=C([O-])CN(CC(=O)[O-])CC(=O)[O-].O=C([O-])CN(CC(=O)[O-])CC(=O)[O-].[NH3+]CC[NH3+].[NH3+]CC[NH3+].[NH3+]CC[NH3+].[NH3+]CC[NH3+].[O-2].[O-2].[O-2].[O-2].[O-2].[O-2].[O-2].[O-2].[Ti+4].[Ti+4].[Ti+4].[Ti+4].[Ti+4].[Ti+4].[Ti+4].[Ti+4]. The Bertz CT molecular complexity index is 2290. The molecule has 0 saturated heterocycles. The van der Waals surface area contributed by atoms with Gasteiger partial charge in [0.05, 0.1) is 143 Å². The molecule has 0 fully saturated rings. The van der Waals surface area contributed by atoms with Gasteiger partial charge in [0.15, 0.2) is 0 Å². The van der Waals surface area contributed by atoms with E-state index < -0.39 is 300 Å². The maximum Gasteiger partial charge on any atom is 4.00 e. The van der Waals surface area contributed by atoms with Crippen molar-refractivity contribution >= 4 is 143 Å². The predicted octanol–water partition coefficient (Wildman–Crippen LogP) is -59.7. The van der Waals surface area contributed by atoms with Gasteiger partial charge < -0.3 is 360 Å². The number of hydrogen-bond donors (Lipinski definition) is 8. The van der Waals surface area contributed by atoms with Crippen molar-refractivity contribution in [1.29, 1.82) is 0 Å². The quantitative estimate of drug-likeness (QED) is 0.0262. The summed E-state index contributed by atoms with van der Waals surface area (Å²) < 4.78 is 0. The summed E-state index contributed by atoms with van der Waals surface area (Å²) in [5.74, 6) is -37.6. The van der Waals surface area contributed by atoms with Crippen molar-refractivity contribution in [3.05, 3.63) is 0 Å². The number of aliphatic carboxylic acids is 24. The van der Waals surface area contributed by atoms with E-state index in [4.69, 9.17) is 0 Å². The van der Waals surface area contributed by atoms with Crippen LogP contribution in [0.25, 0.3) is 0 Å². The maximum absolute atomic E-state index is 9.99. The molecule has 0 heterocycles. The second-order valence-corrected chi connectivity index (χ2v) is 20.9. The Morgan fingerprint density at radius 1 is 0.113 bits per heavy atom. The third kappa shape index (κ3) is 268. The van der Waals surface area contributed by atoms with Crippen LogP contribution in [0.4, 0.5) is 0 Å². The van der Waals surface area contributed by atoms with E-state index in [1.165, 1.54) is 0 Å². The summed E-state index contributed by atoms with van der Waals surface area (Å²) in [7, 11) is 0. The van der Waals surface area contributed by atoms with E-state index in [0.717, 1.165) is 52.4 Å². The van der Waals surface area contributed by atoms with Gasteiger partial charge in [0.1, 0.15) is 52.4 Å². The summed E-state index contributed by atoms with van der Waals surface area (Å²) in [5.41, 5.74) is 28.3. The van der Waals surface area contributed by atoms with E-state index in [0.29, 0.717) is 39.2 Å². The van der Waals surface area contributed by atoms with E-state index >= 15 is 0 Å². The minimum Gasteiger partial charge on any atom is -2.00 e. The van der Waals surface area contributed by atoms with Crippen molar-refractivity contribution in [3.8, 4) is 0 Å². The van der Waals surface area contributed by atoms with Crippen LogP contribution in [-0.2, 0) is 333 Å². The molecule has 0 aliphatic rings. The molecule has 0 aromatic carbocycles. The molecule has 0 bridgehead atoms. The fourth-order valence-corrected chi connectivity index (χ4v) is 5.72. The molecular formula is C56H100N16O62Ti8. The minimum absolute atomic E-state index is 0. The average Bonchev–Trinajstić information content (AvgIpc) is 1.01. The van der Waals surface area contributed by atoms with Crippen LogP contribution < -0.4 is 168 Å². The molecular weight excluding hydrogens is 2270 g/mol. The van der Waals surface area contributed by atoms with Gasteiger partial charge >= 0.3 is 174 Å². The fourth-order valence-electron chi connectivity index (χ4n) is 5.72. The Balaban J connectivity index is -0.0000000281. The second kappa shape index (κ2) is 161. The zero-order valence-corrected chi connectivity index (χ0v) is 86.2. The first-order valence-electron chi connectivity index (χ1n) is 31.9. The standard InChI is InChI=1S/8C6H9NO6.4C2H8N2.6H2O.8O.8Ti/c8*8-4(9)1-7(2-5(10)11)3-6(12)13;4*3-1-2-4;;;;;;;;;;;;;;;;;;;;;;/h8*1-3H2,(H,8,9)(H,10,11)(H,12,13);4*1-4H2;6*1H2;;;;;;;;;;;;;;;;/q;;;;;;;;;;;;;;;;;;8*-2;8*+4/p-16. The number of nitrogens with zero attached hydrogens (tertiary/aromatic N) is 8. The van der Waals surface area contributed by atoms with Crippen molar-refractivity contribution in [2.45, 2.75) is 0 Å². The van der Waals surface area contributed by atoms with Crippen LogP contribution >= 0.6 is 0 Å². The van der Waals surface area contributed by atoms with Gasteiger partial charge in [0, 0.05) is 157 Å². The van der Waals surface area contributed by atoms with Crippen molar-refractivity contribution in [2.75, 3.05) is 209 Å². The molecule has 0 aromatic rings. The van der Waals surface area contributed by atoms with Crippen LogP contribution in [0.5, 0.6) is 0 Å². The maximum atomic E-state index is 9.99. The van der Waals surface area contributed by atoms with Gasteiger partial charge in [-0.3, -0.25) is 39.2 Å². The van der Waals surface area contributed by atoms with E-state index in [1.54, 1.807) is 0 Å². The number of quaternary nitrogens is 8. The third-order valence-corrected chi connectivity index (χ3v) is 9.46. The fraction of sp³-hybridized carbons (Fsp3) is 0.571. The molecule has 0 radical (unpaired) electrons. The van der Waals surface area contributed by atoms with Crippen LogP contribution in [0.2, 0.25) is 0 Å². The monoisotopic (exact) mass is 2370 g/mol. The number of carbonyl (C=O) groups is 24. The van der Waals surface area contributed by atoms with E-state index in [9.17, 15) is 238 Å². The normalized spacial score (nSPS) is 8.11. The summed E-state index contributed by atoms with van der Waals surface area (Å²) >= 11 is 0. The molecule has 808 valence electrons. The van der Waals surface area contributed by atoms with Gasteiger partial charge in [-0.25, -0.2) is 0 Å². The Kier molecular flexibility index (Phi) is 268. The summed E-state index contributed by atoms with van der Waals surface area (Å²) in [6.07, 6.45) is 0. The number of carboxylic acid groups (broad SMARTS) is 24. The molecule has 78 nitrogen and oxygen atoms in total. The minimum atomic E-state index is -1.57. The first kappa shape index (κ1) is 237. The molecule has 0 aromatic heterocycles. The van der Waals surface area contributed by atoms with Gasteiger partial charge in [-0.15, -0.1) is 0 Å². The van der Waals surface area contributed by atoms with Gasteiger partial charge in [0.25, 0.3) is 0 Å². The third-order valence-electron chi connectivity index (χ3n) is 9.46. The van der Waals surface area contributed by atoms with Gasteiger partial charge in [0.2, 0.25) is 0 Å². The number of rotatable bonds is 52. The number of carboxylic acids is 24. The van der Waals surface area contributed by atoms with Gasteiger partial charge in [-0.2, -0.15) is 0 Å². The molecule has 0 unspecified atom stereocenters. The summed E-state index contributed by atoms with van der Waals surface area (Å²) in [4.78, 5) is 245. The number of hydrogen-bond acceptors (Lipinski definition) is 56. The van der Waals surface area contributed by atoms with Crippen molar-refractivity contribution in [3.63, 3.8) is 0 Å². The summed E-state index contributed by atoms with van der Waals surface area (Å²) in [6, 6.07) is 0. The molecule has 0 aliphatic heterocycles. The molecule has 0 amide bonds. The van der Waals surface area contributed by atoms with Crippen LogP contribution in [0.3, 0.4) is 0 Å².